The predicted octanol–water partition coefficient (Wildman–Crippen LogP) is 3.05. The van der Waals surface area contributed by atoms with Crippen LogP contribution in [-0.2, 0) is 4.79 Å². The van der Waals surface area contributed by atoms with E-state index in [1.807, 2.05) is 0 Å². The Balaban J connectivity index is 2.39. The number of carbonyl (C=O) groups is 1. The van der Waals surface area contributed by atoms with Gasteiger partial charge in [-0.1, -0.05) is 26.7 Å². The first-order valence-electron chi connectivity index (χ1n) is 8.46. The lowest BCUT2D eigenvalue weighted by Crippen LogP contribution is -2.37. The van der Waals surface area contributed by atoms with Crippen molar-refractivity contribution in [2.75, 3.05) is 40.3 Å². The van der Waals surface area contributed by atoms with E-state index in [1.165, 1.54) is 19.3 Å². The maximum Gasteiger partial charge on any atom is 0.137 e. The standard InChI is InChI=1S/C17H34N2O/c1-5-8-15-9-10-17(20)16(13-15)14-19(6-2)12-7-11-18(3)4/h15-16H,5-14H2,1-4H3. The van der Waals surface area contributed by atoms with E-state index in [1.54, 1.807) is 0 Å². The lowest BCUT2D eigenvalue weighted by Gasteiger charge is -2.32. The Morgan fingerprint density at radius 3 is 2.55 bits per heavy atom. The van der Waals surface area contributed by atoms with Crippen LogP contribution in [0.15, 0.2) is 0 Å². The Morgan fingerprint density at radius 2 is 1.95 bits per heavy atom. The van der Waals surface area contributed by atoms with Crippen molar-refractivity contribution in [3.8, 4) is 0 Å². The fourth-order valence-corrected chi connectivity index (χ4v) is 3.35. The maximum atomic E-state index is 12.1. The van der Waals surface area contributed by atoms with Crippen molar-refractivity contribution in [3.63, 3.8) is 0 Å². The van der Waals surface area contributed by atoms with Gasteiger partial charge in [-0.2, -0.15) is 0 Å². The molecule has 1 aliphatic carbocycles. The number of rotatable bonds is 9. The first-order valence-corrected chi connectivity index (χ1v) is 8.46. The molecule has 2 atom stereocenters. The van der Waals surface area contributed by atoms with Crippen molar-refractivity contribution in [2.45, 2.75) is 52.4 Å². The van der Waals surface area contributed by atoms with Crippen LogP contribution in [0.25, 0.3) is 0 Å². The fraction of sp³-hybridized carbons (Fsp3) is 0.941. The van der Waals surface area contributed by atoms with Crippen molar-refractivity contribution in [3.05, 3.63) is 0 Å². The SMILES string of the molecule is CCCC1CCC(=O)C(CN(CC)CCCN(C)C)C1. The Hall–Kier alpha value is -0.410. The molecule has 0 amide bonds. The Kier molecular flexibility index (Phi) is 8.39. The Bertz CT molecular complexity index is 278. The maximum absolute atomic E-state index is 12.1. The van der Waals surface area contributed by atoms with Crippen LogP contribution in [0.5, 0.6) is 0 Å². The summed E-state index contributed by atoms with van der Waals surface area (Å²) in [7, 11) is 4.24. The van der Waals surface area contributed by atoms with E-state index in [4.69, 9.17) is 0 Å². The van der Waals surface area contributed by atoms with Crippen molar-refractivity contribution in [2.24, 2.45) is 11.8 Å². The highest BCUT2D eigenvalue weighted by Crippen LogP contribution is 2.30. The molecule has 0 aromatic heterocycles. The largest absolute Gasteiger partial charge is 0.309 e. The third-order valence-corrected chi connectivity index (χ3v) is 4.57. The molecule has 1 aliphatic rings. The fourth-order valence-electron chi connectivity index (χ4n) is 3.35. The van der Waals surface area contributed by atoms with E-state index in [0.29, 0.717) is 11.7 Å². The lowest BCUT2D eigenvalue weighted by atomic mass is 9.78. The Morgan fingerprint density at radius 1 is 1.20 bits per heavy atom. The highest BCUT2D eigenvalue weighted by molar-refractivity contribution is 5.81. The van der Waals surface area contributed by atoms with Crippen molar-refractivity contribution < 1.29 is 4.79 Å². The number of hydrogen-bond donors (Lipinski definition) is 0. The molecule has 0 heterocycles. The molecule has 0 saturated heterocycles. The first kappa shape index (κ1) is 17.6. The van der Waals surface area contributed by atoms with Crippen LogP contribution in [0.3, 0.4) is 0 Å². The normalized spacial score (nSPS) is 23.8. The molecular weight excluding hydrogens is 248 g/mol. The highest BCUT2D eigenvalue weighted by atomic mass is 16.1. The summed E-state index contributed by atoms with van der Waals surface area (Å²) in [5.74, 6) is 1.62. The zero-order valence-corrected chi connectivity index (χ0v) is 14.0. The number of nitrogens with zero attached hydrogens (tertiary/aromatic N) is 2. The zero-order valence-electron chi connectivity index (χ0n) is 14.0. The van der Waals surface area contributed by atoms with Crippen LogP contribution in [0.2, 0.25) is 0 Å². The summed E-state index contributed by atoms with van der Waals surface area (Å²) in [5, 5.41) is 0. The molecule has 0 bridgehead atoms. The molecular formula is C17H34N2O. The molecule has 0 spiro atoms. The van der Waals surface area contributed by atoms with Gasteiger partial charge in [0.1, 0.15) is 5.78 Å². The molecule has 0 N–H and O–H groups in total. The van der Waals surface area contributed by atoms with Crippen LogP contribution in [0, 0.1) is 11.8 Å². The van der Waals surface area contributed by atoms with Crippen LogP contribution in [-0.4, -0.2) is 55.9 Å². The van der Waals surface area contributed by atoms with Crippen LogP contribution in [0.1, 0.15) is 52.4 Å². The summed E-state index contributed by atoms with van der Waals surface area (Å²) >= 11 is 0. The number of Topliss-reactive ketones (excluding diaryl/α,β-unsaturated/α-hetero) is 1. The molecule has 2 unspecified atom stereocenters. The molecule has 1 rings (SSSR count). The van der Waals surface area contributed by atoms with Gasteiger partial charge >= 0.3 is 0 Å². The minimum Gasteiger partial charge on any atom is -0.309 e. The third-order valence-electron chi connectivity index (χ3n) is 4.57. The predicted molar refractivity (Wildman–Crippen MR) is 86.0 cm³/mol. The molecule has 0 radical (unpaired) electrons. The second kappa shape index (κ2) is 9.51. The molecule has 3 heteroatoms. The van der Waals surface area contributed by atoms with Gasteiger partial charge < -0.3 is 9.80 Å². The van der Waals surface area contributed by atoms with Gasteiger partial charge in [-0.3, -0.25) is 4.79 Å². The quantitative estimate of drug-likeness (QED) is 0.649. The van der Waals surface area contributed by atoms with Gasteiger partial charge in [0.15, 0.2) is 0 Å². The average molecular weight is 282 g/mol. The zero-order chi connectivity index (χ0) is 15.0. The van der Waals surface area contributed by atoms with E-state index in [2.05, 4.69) is 37.7 Å². The molecule has 0 aliphatic heterocycles. The summed E-state index contributed by atoms with van der Waals surface area (Å²) in [4.78, 5) is 16.8. The minimum atomic E-state index is 0.305. The van der Waals surface area contributed by atoms with Gasteiger partial charge in [0.25, 0.3) is 0 Å². The van der Waals surface area contributed by atoms with Gasteiger partial charge in [-0.05, 0) is 58.9 Å². The summed E-state index contributed by atoms with van der Waals surface area (Å²) < 4.78 is 0. The third kappa shape index (κ3) is 6.36. The molecule has 20 heavy (non-hydrogen) atoms. The first-order chi connectivity index (χ1) is 9.56. The van der Waals surface area contributed by atoms with Crippen LogP contribution < -0.4 is 0 Å². The van der Waals surface area contributed by atoms with Gasteiger partial charge in [0, 0.05) is 18.9 Å². The summed E-state index contributed by atoms with van der Waals surface area (Å²) in [6, 6.07) is 0. The smallest absolute Gasteiger partial charge is 0.137 e. The van der Waals surface area contributed by atoms with E-state index in [-0.39, 0.29) is 0 Å². The summed E-state index contributed by atoms with van der Waals surface area (Å²) in [5.41, 5.74) is 0. The van der Waals surface area contributed by atoms with Crippen LogP contribution in [0.4, 0.5) is 0 Å². The number of hydrogen-bond acceptors (Lipinski definition) is 3. The van der Waals surface area contributed by atoms with Crippen LogP contribution >= 0.6 is 0 Å². The molecule has 0 aromatic rings. The summed E-state index contributed by atoms with van der Waals surface area (Å²) in [6.45, 7) is 8.78. The van der Waals surface area contributed by atoms with Gasteiger partial charge in [-0.15, -0.1) is 0 Å². The van der Waals surface area contributed by atoms with E-state index < -0.39 is 0 Å². The molecule has 118 valence electrons. The average Bonchev–Trinajstić information content (AvgIpc) is 2.41. The molecule has 1 fully saturated rings. The molecule has 0 aromatic carbocycles. The van der Waals surface area contributed by atoms with E-state index >= 15 is 0 Å². The molecule has 1 saturated carbocycles. The number of ketones is 1. The highest BCUT2D eigenvalue weighted by Gasteiger charge is 2.29. The molecule has 3 nitrogen and oxygen atoms in total. The van der Waals surface area contributed by atoms with Crippen molar-refractivity contribution in [1.82, 2.24) is 9.80 Å². The van der Waals surface area contributed by atoms with Gasteiger partial charge in [0.2, 0.25) is 0 Å². The topological polar surface area (TPSA) is 23.6 Å². The second-order valence-electron chi connectivity index (χ2n) is 6.64. The second-order valence-corrected chi connectivity index (χ2v) is 6.64. The monoisotopic (exact) mass is 282 g/mol. The van der Waals surface area contributed by atoms with Crippen molar-refractivity contribution >= 4 is 5.78 Å². The Labute approximate surface area is 125 Å². The summed E-state index contributed by atoms with van der Waals surface area (Å²) in [6.07, 6.45) is 6.85. The van der Waals surface area contributed by atoms with Gasteiger partial charge in [-0.25, -0.2) is 0 Å². The lowest BCUT2D eigenvalue weighted by molar-refractivity contribution is -0.126. The minimum absolute atomic E-state index is 0.305. The van der Waals surface area contributed by atoms with Crippen molar-refractivity contribution in [1.29, 1.82) is 0 Å². The number of carbonyl (C=O) groups excluding carboxylic acids is 1. The van der Waals surface area contributed by atoms with E-state index in [0.717, 1.165) is 51.4 Å². The van der Waals surface area contributed by atoms with Gasteiger partial charge in [0.05, 0.1) is 0 Å². The van der Waals surface area contributed by atoms with E-state index in [9.17, 15) is 4.79 Å².